The van der Waals surface area contributed by atoms with Gasteiger partial charge in [0.2, 0.25) is 0 Å². The average Bonchev–Trinajstić information content (AvgIpc) is 3.30. The summed E-state index contributed by atoms with van der Waals surface area (Å²) in [6.07, 6.45) is 67.5. The second-order valence-corrected chi connectivity index (χ2v) is 18.1. The van der Waals surface area contributed by atoms with Gasteiger partial charge in [0.1, 0.15) is 13.2 Å². The molecule has 0 rings (SSSR count). The highest BCUT2D eigenvalue weighted by atomic mass is 16.6. The third-order valence-corrected chi connectivity index (χ3v) is 11.7. The Morgan fingerprint density at radius 2 is 0.615 bits per heavy atom. The minimum Gasteiger partial charge on any atom is -0.462 e. The predicted octanol–water partition coefficient (Wildman–Crippen LogP) is 18.2. The summed E-state index contributed by atoms with van der Waals surface area (Å²) in [5.41, 5.74) is 0. The van der Waals surface area contributed by atoms with Crippen molar-refractivity contribution in [2.45, 2.75) is 271 Å². The Labute approximate surface area is 402 Å². The Morgan fingerprint density at radius 3 is 1.00 bits per heavy atom. The van der Waals surface area contributed by atoms with Crippen LogP contribution in [0.15, 0.2) is 72.9 Å². The summed E-state index contributed by atoms with van der Waals surface area (Å²) < 4.78 is 16.8. The fourth-order valence-electron chi connectivity index (χ4n) is 7.59. The normalized spacial score (nSPS) is 12.6. The summed E-state index contributed by atoms with van der Waals surface area (Å²) in [5, 5.41) is 0. The molecule has 0 bridgehead atoms. The molecule has 0 aliphatic rings. The fraction of sp³-hybridized carbons (Fsp3) is 0.746. The fourth-order valence-corrected chi connectivity index (χ4v) is 7.59. The molecule has 0 radical (unpaired) electrons. The highest BCUT2D eigenvalue weighted by Gasteiger charge is 2.19. The number of carbonyl (C=O) groups excluding carboxylic acids is 3. The van der Waals surface area contributed by atoms with E-state index in [1.165, 1.54) is 122 Å². The van der Waals surface area contributed by atoms with Crippen molar-refractivity contribution < 1.29 is 28.6 Å². The van der Waals surface area contributed by atoms with Gasteiger partial charge in [0.25, 0.3) is 0 Å². The van der Waals surface area contributed by atoms with Crippen molar-refractivity contribution in [1.29, 1.82) is 0 Å². The molecule has 0 spiro atoms. The minimum absolute atomic E-state index is 0.0984. The molecule has 0 fully saturated rings. The van der Waals surface area contributed by atoms with Crippen LogP contribution in [0.3, 0.4) is 0 Å². The monoisotopic (exact) mass is 907 g/mol. The Bertz CT molecular complexity index is 1230. The maximum atomic E-state index is 12.8. The van der Waals surface area contributed by atoms with Gasteiger partial charge in [-0.25, -0.2) is 0 Å². The molecule has 0 heterocycles. The first-order valence-corrected chi connectivity index (χ1v) is 27.4. The molecular formula is C59H102O6. The van der Waals surface area contributed by atoms with E-state index in [0.29, 0.717) is 19.3 Å². The van der Waals surface area contributed by atoms with Gasteiger partial charge < -0.3 is 14.2 Å². The molecule has 0 amide bonds. The van der Waals surface area contributed by atoms with Gasteiger partial charge >= 0.3 is 17.9 Å². The molecule has 374 valence electrons. The molecule has 0 aromatic carbocycles. The summed E-state index contributed by atoms with van der Waals surface area (Å²) in [6, 6.07) is 0. The van der Waals surface area contributed by atoms with Crippen molar-refractivity contribution in [1.82, 2.24) is 0 Å². The number of rotatable bonds is 49. The Hall–Kier alpha value is -3.15. The van der Waals surface area contributed by atoms with Crippen LogP contribution < -0.4 is 0 Å². The number of esters is 3. The standard InChI is InChI=1S/C59H102O6/c1-4-7-10-13-16-19-22-25-28-29-32-34-37-40-43-46-49-52-58(61)64-55-56(65-59(62)53-50-47-44-41-38-35-31-27-24-21-18-15-12-9-6-3)54-63-57(60)51-48-45-42-39-36-33-30-26-23-20-17-14-11-8-5-2/h8,11,17,20,25-26,28,30,32,34,40,43,56H,4-7,9-10,12-16,18-19,21-24,27,29,31,33,35-39,41-42,44-55H2,1-3H3/b11-8-,20-17-,28-25-,30-26-,34-32-,43-40-/t56-/m1/s1. The summed E-state index contributed by atoms with van der Waals surface area (Å²) in [6.45, 7) is 6.48. The first-order chi connectivity index (χ1) is 32.0. The van der Waals surface area contributed by atoms with E-state index in [2.05, 4.69) is 93.7 Å². The van der Waals surface area contributed by atoms with Crippen LogP contribution in [0.5, 0.6) is 0 Å². The van der Waals surface area contributed by atoms with Crippen LogP contribution in [-0.4, -0.2) is 37.2 Å². The van der Waals surface area contributed by atoms with Gasteiger partial charge in [-0.15, -0.1) is 0 Å². The lowest BCUT2D eigenvalue weighted by Crippen LogP contribution is -2.30. The highest BCUT2D eigenvalue weighted by Crippen LogP contribution is 2.15. The first kappa shape index (κ1) is 61.9. The van der Waals surface area contributed by atoms with Crippen molar-refractivity contribution >= 4 is 17.9 Å². The van der Waals surface area contributed by atoms with E-state index in [-0.39, 0.29) is 37.5 Å². The second-order valence-electron chi connectivity index (χ2n) is 18.1. The molecule has 0 unspecified atom stereocenters. The lowest BCUT2D eigenvalue weighted by molar-refractivity contribution is -0.167. The highest BCUT2D eigenvalue weighted by molar-refractivity contribution is 5.71. The molecule has 0 aromatic heterocycles. The van der Waals surface area contributed by atoms with Gasteiger partial charge in [0.15, 0.2) is 6.10 Å². The maximum Gasteiger partial charge on any atom is 0.306 e. The largest absolute Gasteiger partial charge is 0.462 e. The number of hydrogen-bond donors (Lipinski definition) is 0. The zero-order chi connectivity index (χ0) is 47.2. The molecule has 0 aromatic rings. The topological polar surface area (TPSA) is 78.9 Å². The zero-order valence-electron chi connectivity index (χ0n) is 42.7. The molecule has 0 saturated heterocycles. The van der Waals surface area contributed by atoms with Crippen LogP contribution in [0.4, 0.5) is 0 Å². The third-order valence-electron chi connectivity index (χ3n) is 11.7. The van der Waals surface area contributed by atoms with E-state index in [1.807, 2.05) is 0 Å². The molecule has 1 atom stereocenters. The first-order valence-electron chi connectivity index (χ1n) is 27.4. The van der Waals surface area contributed by atoms with Crippen LogP contribution in [-0.2, 0) is 28.6 Å². The molecule has 0 N–H and O–H groups in total. The maximum absolute atomic E-state index is 12.8. The minimum atomic E-state index is -0.801. The number of carbonyl (C=O) groups is 3. The summed E-state index contributed by atoms with van der Waals surface area (Å²) in [5.74, 6) is -0.961. The SMILES string of the molecule is CC/C=C\C/C=C\C/C=C\CCCCCCCC(=O)OC[C@H](COC(=O)CCC/C=C\C/C=C\C/C=C\CCCCCCCC)OC(=O)CCCCCCCCCCCCCCCCC. The van der Waals surface area contributed by atoms with Crippen molar-refractivity contribution in [3.63, 3.8) is 0 Å². The number of ether oxygens (including phenoxy) is 3. The molecule has 0 aliphatic carbocycles. The number of hydrogen-bond acceptors (Lipinski definition) is 6. The van der Waals surface area contributed by atoms with Gasteiger partial charge in [0, 0.05) is 19.3 Å². The van der Waals surface area contributed by atoms with Gasteiger partial charge in [0.05, 0.1) is 0 Å². The lowest BCUT2D eigenvalue weighted by atomic mass is 10.0. The quantitative estimate of drug-likeness (QED) is 0.0262. The number of unbranched alkanes of at least 4 members (excludes halogenated alkanes) is 26. The van der Waals surface area contributed by atoms with E-state index in [0.717, 1.165) is 96.3 Å². The van der Waals surface area contributed by atoms with E-state index in [1.54, 1.807) is 0 Å². The van der Waals surface area contributed by atoms with Crippen LogP contribution in [0, 0.1) is 0 Å². The summed E-state index contributed by atoms with van der Waals surface area (Å²) in [7, 11) is 0. The molecule has 65 heavy (non-hydrogen) atoms. The molecule has 6 nitrogen and oxygen atoms in total. The van der Waals surface area contributed by atoms with E-state index in [4.69, 9.17) is 14.2 Å². The molecular weight excluding hydrogens is 805 g/mol. The summed E-state index contributed by atoms with van der Waals surface area (Å²) >= 11 is 0. The summed E-state index contributed by atoms with van der Waals surface area (Å²) in [4.78, 5) is 38.0. The van der Waals surface area contributed by atoms with E-state index < -0.39 is 6.10 Å². The van der Waals surface area contributed by atoms with Gasteiger partial charge in [-0.1, -0.05) is 235 Å². The Kier molecular flexibility index (Phi) is 50.9. The van der Waals surface area contributed by atoms with Crippen LogP contribution in [0.25, 0.3) is 0 Å². The van der Waals surface area contributed by atoms with E-state index in [9.17, 15) is 14.4 Å². The molecule has 0 aliphatic heterocycles. The van der Waals surface area contributed by atoms with Crippen molar-refractivity contribution in [2.75, 3.05) is 13.2 Å². The van der Waals surface area contributed by atoms with E-state index >= 15 is 0 Å². The predicted molar refractivity (Wildman–Crippen MR) is 279 cm³/mol. The van der Waals surface area contributed by atoms with Crippen LogP contribution >= 0.6 is 0 Å². The van der Waals surface area contributed by atoms with Crippen molar-refractivity contribution in [3.8, 4) is 0 Å². The number of allylic oxidation sites excluding steroid dienone is 12. The van der Waals surface area contributed by atoms with Gasteiger partial charge in [-0.3, -0.25) is 14.4 Å². The lowest BCUT2D eigenvalue weighted by Gasteiger charge is -2.18. The molecule has 6 heteroatoms. The average molecular weight is 907 g/mol. The smallest absolute Gasteiger partial charge is 0.306 e. The van der Waals surface area contributed by atoms with Crippen LogP contribution in [0.2, 0.25) is 0 Å². The zero-order valence-corrected chi connectivity index (χ0v) is 42.7. The van der Waals surface area contributed by atoms with Crippen molar-refractivity contribution in [2.24, 2.45) is 0 Å². The molecule has 0 saturated carbocycles. The van der Waals surface area contributed by atoms with Crippen molar-refractivity contribution in [3.05, 3.63) is 72.9 Å². The second kappa shape index (κ2) is 53.5. The Balaban J connectivity index is 4.47. The third kappa shape index (κ3) is 51.7. The van der Waals surface area contributed by atoms with Gasteiger partial charge in [-0.2, -0.15) is 0 Å². The Morgan fingerprint density at radius 1 is 0.323 bits per heavy atom. The van der Waals surface area contributed by atoms with Gasteiger partial charge in [-0.05, 0) is 83.5 Å². The van der Waals surface area contributed by atoms with Crippen LogP contribution in [0.1, 0.15) is 265 Å².